The summed E-state index contributed by atoms with van der Waals surface area (Å²) >= 11 is 0. The van der Waals surface area contributed by atoms with Crippen LogP contribution in [-0.2, 0) is 9.84 Å². The number of rotatable bonds is 3. The Morgan fingerprint density at radius 3 is 2.68 bits per heavy atom. The van der Waals surface area contributed by atoms with Crippen molar-refractivity contribution in [3.63, 3.8) is 0 Å². The first-order chi connectivity index (χ1) is 12.0. The van der Waals surface area contributed by atoms with Gasteiger partial charge in [0.1, 0.15) is 5.52 Å². The zero-order valence-corrected chi connectivity index (χ0v) is 14.1. The summed E-state index contributed by atoms with van der Waals surface area (Å²) in [7, 11) is -3.03. The number of carbonyl (C=O) groups is 1. The fourth-order valence-electron chi connectivity index (χ4n) is 3.06. The van der Waals surface area contributed by atoms with Gasteiger partial charge in [0.15, 0.2) is 15.6 Å². The normalized spacial score (nSPS) is 19.1. The Morgan fingerprint density at radius 2 is 1.96 bits per heavy atom. The molecular weight excluding hydrogens is 340 g/mol. The van der Waals surface area contributed by atoms with Crippen LogP contribution in [0.15, 0.2) is 53.1 Å². The first-order valence-corrected chi connectivity index (χ1v) is 9.80. The molecule has 2 aromatic carbocycles. The summed E-state index contributed by atoms with van der Waals surface area (Å²) in [6.07, 6.45) is 0.457. The van der Waals surface area contributed by atoms with Crippen molar-refractivity contribution in [1.82, 2.24) is 10.5 Å². The van der Waals surface area contributed by atoms with Crippen LogP contribution in [0.3, 0.4) is 0 Å². The van der Waals surface area contributed by atoms with Crippen LogP contribution in [0.5, 0.6) is 0 Å². The number of hydrogen-bond donors (Lipinski definition) is 1. The highest BCUT2D eigenvalue weighted by Gasteiger charge is 2.29. The van der Waals surface area contributed by atoms with E-state index in [4.69, 9.17) is 4.52 Å². The minimum atomic E-state index is -3.03. The zero-order chi connectivity index (χ0) is 17.4. The second-order valence-electron chi connectivity index (χ2n) is 6.18. The Labute approximate surface area is 144 Å². The minimum Gasteiger partial charge on any atom is -0.355 e. The number of benzene rings is 2. The molecule has 1 aromatic heterocycles. The number of amides is 1. The van der Waals surface area contributed by atoms with E-state index in [1.807, 2.05) is 30.3 Å². The molecular formula is C18H16N2O4S. The average Bonchev–Trinajstić information content (AvgIpc) is 3.17. The molecule has 0 aliphatic carbocycles. The largest absolute Gasteiger partial charge is 0.355 e. The van der Waals surface area contributed by atoms with Crippen LogP contribution in [-0.4, -0.2) is 37.0 Å². The van der Waals surface area contributed by atoms with Crippen LogP contribution in [0, 0.1) is 0 Å². The molecule has 1 saturated heterocycles. The molecule has 0 spiro atoms. The highest BCUT2D eigenvalue weighted by molar-refractivity contribution is 7.91. The lowest BCUT2D eigenvalue weighted by Crippen LogP contribution is -2.35. The highest BCUT2D eigenvalue weighted by Crippen LogP contribution is 2.29. The molecule has 128 valence electrons. The summed E-state index contributed by atoms with van der Waals surface area (Å²) in [5.41, 5.74) is 2.00. The Kier molecular flexibility index (Phi) is 3.80. The van der Waals surface area contributed by atoms with Crippen LogP contribution in [0.4, 0.5) is 0 Å². The van der Waals surface area contributed by atoms with Gasteiger partial charge in [0.2, 0.25) is 0 Å². The topological polar surface area (TPSA) is 89.3 Å². The number of nitrogens with zero attached hydrogens (tertiary/aromatic N) is 1. The van der Waals surface area contributed by atoms with Crippen molar-refractivity contribution in [2.75, 3.05) is 11.5 Å². The summed E-state index contributed by atoms with van der Waals surface area (Å²) in [4.78, 5) is 12.5. The molecule has 2 heterocycles. The molecule has 3 aromatic rings. The van der Waals surface area contributed by atoms with Crippen LogP contribution in [0.25, 0.3) is 22.2 Å². The smallest absolute Gasteiger partial charge is 0.251 e. The number of fused-ring (bicyclic) bond motifs is 1. The van der Waals surface area contributed by atoms with Crippen molar-refractivity contribution in [3.8, 4) is 11.3 Å². The molecule has 1 unspecified atom stereocenters. The molecule has 1 fully saturated rings. The maximum absolute atomic E-state index is 12.5. The predicted octanol–water partition coefficient (Wildman–Crippen LogP) is 2.41. The van der Waals surface area contributed by atoms with Gasteiger partial charge in [-0.25, -0.2) is 8.42 Å². The van der Waals surface area contributed by atoms with Crippen molar-refractivity contribution in [1.29, 1.82) is 0 Å². The van der Waals surface area contributed by atoms with Gasteiger partial charge in [-0.05, 0) is 24.6 Å². The summed E-state index contributed by atoms with van der Waals surface area (Å²) < 4.78 is 28.5. The van der Waals surface area contributed by atoms with Crippen molar-refractivity contribution in [2.45, 2.75) is 12.5 Å². The quantitative estimate of drug-likeness (QED) is 0.778. The Morgan fingerprint density at radius 1 is 1.16 bits per heavy atom. The van der Waals surface area contributed by atoms with E-state index < -0.39 is 9.84 Å². The van der Waals surface area contributed by atoms with Gasteiger partial charge in [0.25, 0.3) is 5.91 Å². The van der Waals surface area contributed by atoms with Crippen molar-refractivity contribution >= 4 is 26.6 Å². The second-order valence-corrected chi connectivity index (χ2v) is 8.41. The standard InChI is InChI=1S/C18H16N2O4S/c21-18(19-14-8-9-25(22,23)11-14)13-6-7-16-15(10-13)17(24-20-16)12-4-2-1-3-5-12/h1-7,10,14H,8-9,11H2,(H,19,21). The van der Waals surface area contributed by atoms with Crippen LogP contribution in [0.2, 0.25) is 0 Å². The molecule has 6 nitrogen and oxygen atoms in total. The number of aromatic nitrogens is 1. The number of hydrogen-bond acceptors (Lipinski definition) is 5. The van der Waals surface area contributed by atoms with Gasteiger partial charge in [0.05, 0.1) is 16.9 Å². The van der Waals surface area contributed by atoms with E-state index in [0.717, 1.165) is 10.9 Å². The van der Waals surface area contributed by atoms with E-state index in [-0.39, 0.29) is 23.5 Å². The van der Waals surface area contributed by atoms with Gasteiger partial charge >= 0.3 is 0 Å². The fraction of sp³-hybridized carbons (Fsp3) is 0.222. The predicted molar refractivity (Wildman–Crippen MR) is 94.0 cm³/mol. The van der Waals surface area contributed by atoms with Crippen LogP contribution in [0.1, 0.15) is 16.8 Å². The maximum Gasteiger partial charge on any atom is 0.251 e. The van der Waals surface area contributed by atoms with Crippen molar-refractivity contribution in [2.24, 2.45) is 0 Å². The van der Waals surface area contributed by atoms with E-state index >= 15 is 0 Å². The second kappa shape index (κ2) is 6.00. The molecule has 4 rings (SSSR count). The van der Waals surface area contributed by atoms with Gasteiger partial charge < -0.3 is 9.84 Å². The SMILES string of the molecule is O=C(NC1CCS(=O)(=O)C1)c1ccc2noc(-c3ccccc3)c2c1. The maximum atomic E-state index is 12.5. The van der Waals surface area contributed by atoms with E-state index in [0.29, 0.717) is 23.3 Å². The lowest BCUT2D eigenvalue weighted by Gasteiger charge is -2.10. The third kappa shape index (κ3) is 3.15. The third-order valence-electron chi connectivity index (χ3n) is 4.34. The minimum absolute atomic E-state index is 0.00349. The summed E-state index contributed by atoms with van der Waals surface area (Å²) in [6.45, 7) is 0. The Bertz CT molecular complexity index is 1040. The molecule has 1 aliphatic heterocycles. The van der Waals surface area contributed by atoms with Gasteiger partial charge in [-0.2, -0.15) is 0 Å². The first-order valence-electron chi connectivity index (χ1n) is 7.98. The van der Waals surface area contributed by atoms with Crippen molar-refractivity contribution in [3.05, 3.63) is 54.1 Å². The fourth-order valence-corrected chi connectivity index (χ4v) is 4.73. The molecule has 7 heteroatoms. The number of sulfone groups is 1. The molecule has 1 amide bonds. The van der Waals surface area contributed by atoms with E-state index in [1.165, 1.54) is 0 Å². The lowest BCUT2D eigenvalue weighted by molar-refractivity contribution is 0.0941. The summed E-state index contributed by atoms with van der Waals surface area (Å²) in [5.74, 6) is 0.447. The molecule has 1 aliphatic rings. The molecule has 1 atom stereocenters. The van der Waals surface area contributed by atoms with E-state index in [9.17, 15) is 13.2 Å². The van der Waals surface area contributed by atoms with Crippen LogP contribution >= 0.6 is 0 Å². The Hall–Kier alpha value is -2.67. The molecule has 1 N–H and O–H groups in total. The molecule has 0 saturated carbocycles. The van der Waals surface area contributed by atoms with Gasteiger partial charge in [0, 0.05) is 17.2 Å². The zero-order valence-electron chi connectivity index (χ0n) is 13.3. The van der Waals surface area contributed by atoms with E-state index in [2.05, 4.69) is 10.5 Å². The monoisotopic (exact) mass is 356 g/mol. The Balaban J connectivity index is 1.63. The van der Waals surface area contributed by atoms with E-state index in [1.54, 1.807) is 18.2 Å². The highest BCUT2D eigenvalue weighted by atomic mass is 32.2. The lowest BCUT2D eigenvalue weighted by atomic mass is 10.1. The van der Waals surface area contributed by atoms with Gasteiger partial charge in [-0.1, -0.05) is 35.5 Å². The molecule has 25 heavy (non-hydrogen) atoms. The molecule has 0 bridgehead atoms. The number of carbonyl (C=O) groups excluding carboxylic acids is 1. The average molecular weight is 356 g/mol. The van der Waals surface area contributed by atoms with Crippen molar-refractivity contribution < 1.29 is 17.7 Å². The molecule has 0 radical (unpaired) electrons. The van der Waals surface area contributed by atoms with Gasteiger partial charge in [-0.3, -0.25) is 4.79 Å². The summed E-state index contributed by atoms with van der Waals surface area (Å²) in [6, 6.07) is 14.3. The first kappa shape index (κ1) is 15.8. The van der Waals surface area contributed by atoms with Crippen LogP contribution < -0.4 is 5.32 Å². The number of nitrogens with one attached hydrogen (secondary N) is 1. The summed E-state index contributed by atoms with van der Waals surface area (Å²) in [5, 5.41) is 7.58. The van der Waals surface area contributed by atoms with Gasteiger partial charge in [-0.15, -0.1) is 0 Å². The third-order valence-corrected chi connectivity index (χ3v) is 6.11.